The highest BCUT2D eigenvalue weighted by Gasteiger charge is 2.23. The highest BCUT2D eigenvalue weighted by molar-refractivity contribution is 7.85. The summed E-state index contributed by atoms with van der Waals surface area (Å²) in [5.74, 6) is 1.42. The quantitative estimate of drug-likeness (QED) is 0.748. The summed E-state index contributed by atoms with van der Waals surface area (Å²) < 4.78 is 12.5. The van der Waals surface area contributed by atoms with Crippen LogP contribution in [0.1, 0.15) is 52.1 Å². The monoisotopic (exact) mass is 295 g/mol. The minimum absolute atomic E-state index is 0.141. The van der Waals surface area contributed by atoms with Gasteiger partial charge in [0.2, 0.25) is 0 Å². The first-order chi connectivity index (χ1) is 9.56. The molecule has 0 aliphatic heterocycles. The molecule has 0 saturated carbocycles. The minimum Gasteiger partial charge on any atom is -0.309 e. The summed E-state index contributed by atoms with van der Waals surface area (Å²) in [7, 11) is -0.782. The van der Waals surface area contributed by atoms with Gasteiger partial charge in [0, 0.05) is 22.6 Å². The number of nitrogens with one attached hydrogen (secondary N) is 1. The fourth-order valence-electron chi connectivity index (χ4n) is 2.20. The van der Waals surface area contributed by atoms with Crippen LogP contribution in [-0.2, 0) is 10.8 Å². The maximum Gasteiger partial charge on any atom is 0.0514 e. The minimum atomic E-state index is -0.782. The van der Waals surface area contributed by atoms with Gasteiger partial charge in [-0.1, -0.05) is 51.1 Å². The van der Waals surface area contributed by atoms with Gasteiger partial charge < -0.3 is 5.32 Å². The molecule has 20 heavy (non-hydrogen) atoms. The molecule has 0 spiro atoms. The normalized spacial score (nSPS) is 16.1. The molecule has 2 nitrogen and oxygen atoms in total. The molecule has 0 fully saturated rings. The van der Waals surface area contributed by atoms with Crippen LogP contribution in [0.3, 0.4) is 0 Å². The third-order valence-electron chi connectivity index (χ3n) is 3.55. The van der Waals surface area contributed by atoms with Crippen LogP contribution in [0.2, 0.25) is 0 Å². The van der Waals surface area contributed by atoms with Gasteiger partial charge in [-0.3, -0.25) is 4.21 Å². The van der Waals surface area contributed by atoms with E-state index in [0.29, 0.717) is 5.92 Å². The Balaban J connectivity index is 2.74. The Bertz CT molecular complexity index is 391. The van der Waals surface area contributed by atoms with Crippen LogP contribution >= 0.6 is 0 Å². The van der Waals surface area contributed by atoms with Crippen molar-refractivity contribution in [3.63, 3.8) is 0 Å². The van der Waals surface area contributed by atoms with Gasteiger partial charge in [0.05, 0.1) is 5.25 Å². The first-order valence-corrected chi connectivity index (χ1v) is 9.10. The van der Waals surface area contributed by atoms with E-state index < -0.39 is 10.8 Å². The molecule has 1 aromatic carbocycles. The smallest absolute Gasteiger partial charge is 0.0514 e. The molecule has 0 aromatic heterocycles. The Morgan fingerprint density at radius 2 is 1.80 bits per heavy atom. The zero-order valence-electron chi connectivity index (χ0n) is 13.3. The summed E-state index contributed by atoms with van der Waals surface area (Å²) in [6.07, 6.45) is 2.13. The summed E-state index contributed by atoms with van der Waals surface area (Å²) in [5, 5.41) is 3.70. The molecule has 1 aromatic rings. The topological polar surface area (TPSA) is 29.1 Å². The molecule has 1 rings (SSSR count). The molecule has 0 heterocycles. The molecule has 114 valence electrons. The third kappa shape index (κ3) is 5.76. The van der Waals surface area contributed by atoms with Crippen LogP contribution in [0.15, 0.2) is 30.3 Å². The van der Waals surface area contributed by atoms with E-state index in [0.717, 1.165) is 25.1 Å². The van der Waals surface area contributed by atoms with Crippen molar-refractivity contribution in [2.45, 2.75) is 51.8 Å². The average Bonchev–Trinajstić information content (AvgIpc) is 2.46. The Labute approximate surface area is 126 Å². The van der Waals surface area contributed by atoms with Crippen molar-refractivity contribution in [1.29, 1.82) is 0 Å². The maximum atomic E-state index is 12.5. The molecule has 0 bridgehead atoms. The van der Waals surface area contributed by atoms with Crippen molar-refractivity contribution in [3.8, 4) is 0 Å². The summed E-state index contributed by atoms with van der Waals surface area (Å²) in [5.41, 5.74) is 1.24. The zero-order valence-corrected chi connectivity index (χ0v) is 14.1. The Hall–Kier alpha value is -0.670. The fraction of sp³-hybridized carbons (Fsp3) is 0.647. The lowest BCUT2D eigenvalue weighted by Crippen LogP contribution is -2.34. The predicted octanol–water partition coefficient (Wildman–Crippen LogP) is 3.91. The van der Waals surface area contributed by atoms with Crippen molar-refractivity contribution in [2.24, 2.45) is 5.92 Å². The molecule has 0 aliphatic carbocycles. The standard InChI is InChI=1S/C17H29NOS/c1-5-12-18-17(16-9-7-6-8-10-16)15(4)20(19)13-11-14(2)3/h6-10,14-15,17-18H,5,11-13H2,1-4H3. The third-order valence-corrected chi connectivity index (χ3v) is 5.29. The first-order valence-electron chi connectivity index (χ1n) is 7.71. The van der Waals surface area contributed by atoms with Gasteiger partial charge in [0.25, 0.3) is 0 Å². The van der Waals surface area contributed by atoms with E-state index in [9.17, 15) is 4.21 Å². The lowest BCUT2D eigenvalue weighted by atomic mass is 10.0. The molecule has 3 atom stereocenters. The Morgan fingerprint density at radius 1 is 1.15 bits per heavy atom. The van der Waals surface area contributed by atoms with Crippen LogP contribution in [0.25, 0.3) is 0 Å². The van der Waals surface area contributed by atoms with Crippen molar-refractivity contribution in [3.05, 3.63) is 35.9 Å². The van der Waals surface area contributed by atoms with Gasteiger partial charge in [-0.15, -0.1) is 0 Å². The van der Waals surface area contributed by atoms with Gasteiger partial charge in [-0.25, -0.2) is 0 Å². The van der Waals surface area contributed by atoms with E-state index in [1.807, 2.05) is 6.07 Å². The van der Waals surface area contributed by atoms with E-state index in [-0.39, 0.29) is 11.3 Å². The van der Waals surface area contributed by atoms with Crippen molar-refractivity contribution < 1.29 is 4.21 Å². The average molecular weight is 295 g/mol. The predicted molar refractivity (Wildman–Crippen MR) is 89.4 cm³/mol. The highest BCUT2D eigenvalue weighted by Crippen LogP contribution is 2.21. The van der Waals surface area contributed by atoms with Gasteiger partial charge >= 0.3 is 0 Å². The van der Waals surface area contributed by atoms with E-state index in [1.54, 1.807) is 0 Å². The highest BCUT2D eigenvalue weighted by atomic mass is 32.2. The molecule has 1 N–H and O–H groups in total. The van der Waals surface area contributed by atoms with Crippen molar-refractivity contribution in [2.75, 3.05) is 12.3 Å². The summed E-state index contributed by atoms with van der Waals surface area (Å²) in [4.78, 5) is 0. The Morgan fingerprint density at radius 3 is 2.35 bits per heavy atom. The van der Waals surface area contributed by atoms with E-state index in [2.05, 4.69) is 57.3 Å². The second-order valence-electron chi connectivity index (χ2n) is 5.81. The van der Waals surface area contributed by atoms with E-state index in [1.165, 1.54) is 5.56 Å². The molecule has 0 amide bonds. The molecule has 3 heteroatoms. The van der Waals surface area contributed by atoms with E-state index >= 15 is 0 Å². The molecule has 0 radical (unpaired) electrons. The van der Waals surface area contributed by atoms with Crippen LogP contribution in [0.5, 0.6) is 0 Å². The second kappa shape index (κ2) is 9.30. The van der Waals surface area contributed by atoms with Crippen molar-refractivity contribution >= 4 is 10.8 Å². The van der Waals surface area contributed by atoms with Gasteiger partial charge in [0.1, 0.15) is 0 Å². The lowest BCUT2D eigenvalue weighted by Gasteiger charge is -2.25. The first kappa shape index (κ1) is 17.4. The lowest BCUT2D eigenvalue weighted by molar-refractivity contribution is 0.516. The van der Waals surface area contributed by atoms with Gasteiger partial charge in [0.15, 0.2) is 0 Å². The zero-order chi connectivity index (χ0) is 15.0. The SMILES string of the molecule is CCCNC(c1ccccc1)C(C)S(=O)CCC(C)C. The van der Waals surface area contributed by atoms with E-state index in [4.69, 9.17) is 0 Å². The van der Waals surface area contributed by atoms with Gasteiger partial charge in [-0.2, -0.15) is 0 Å². The summed E-state index contributed by atoms with van der Waals surface area (Å²) >= 11 is 0. The van der Waals surface area contributed by atoms with Crippen molar-refractivity contribution in [1.82, 2.24) is 5.32 Å². The molecule has 0 saturated heterocycles. The van der Waals surface area contributed by atoms with Crippen LogP contribution in [-0.4, -0.2) is 21.8 Å². The number of hydrogen-bond acceptors (Lipinski definition) is 2. The fourth-order valence-corrected chi connectivity index (χ4v) is 3.84. The van der Waals surface area contributed by atoms with Crippen LogP contribution in [0.4, 0.5) is 0 Å². The number of hydrogen-bond donors (Lipinski definition) is 1. The number of rotatable bonds is 9. The van der Waals surface area contributed by atoms with Crippen LogP contribution in [0, 0.1) is 5.92 Å². The van der Waals surface area contributed by atoms with Gasteiger partial charge in [-0.05, 0) is 37.8 Å². The second-order valence-corrected chi connectivity index (χ2v) is 7.73. The molecule has 0 aliphatic rings. The molecular formula is C17H29NOS. The molecular weight excluding hydrogens is 266 g/mol. The number of benzene rings is 1. The molecule has 3 unspecified atom stereocenters. The largest absolute Gasteiger partial charge is 0.309 e. The summed E-state index contributed by atoms with van der Waals surface area (Å²) in [6, 6.07) is 10.6. The summed E-state index contributed by atoms with van der Waals surface area (Å²) in [6.45, 7) is 9.61. The van der Waals surface area contributed by atoms with Crippen LogP contribution < -0.4 is 5.32 Å². The Kier molecular flexibility index (Phi) is 8.08. The maximum absolute atomic E-state index is 12.5.